The van der Waals surface area contributed by atoms with Gasteiger partial charge in [-0.25, -0.2) is 0 Å². The quantitative estimate of drug-likeness (QED) is 0.393. The van der Waals surface area contributed by atoms with Crippen molar-refractivity contribution in [1.29, 1.82) is 0 Å². The van der Waals surface area contributed by atoms with Crippen LogP contribution in [0.1, 0.15) is 20.3 Å². The smallest absolute Gasteiger partial charge is 0.237 e. The maximum atomic E-state index is 10.8. The highest BCUT2D eigenvalue weighted by molar-refractivity contribution is 6.30. The van der Waals surface area contributed by atoms with Gasteiger partial charge in [-0.15, -0.1) is 11.6 Å². The number of hydrogen-bond acceptors (Lipinski definition) is 1. The van der Waals surface area contributed by atoms with Crippen molar-refractivity contribution < 1.29 is 4.79 Å². The average Bonchev–Trinajstić information content (AvgIpc) is 1.97. The summed E-state index contributed by atoms with van der Waals surface area (Å²) in [5.74, 6) is -0.101. The molecule has 0 aliphatic carbocycles. The summed E-state index contributed by atoms with van der Waals surface area (Å²) < 4.78 is 0. The Morgan fingerprint density at radius 3 is 2.82 bits per heavy atom. The molecule has 0 bridgehead atoms. The lowest BCUT2D eigenvalue weighted by molar-refractivity contribution is -0.120. The summed E-state index contributed by atoms with van der Waals surface area (Å²) in [6.45, 7) is 4.28. The maximum absolute atomic E-state index is 10.8. The summed E-state index contributed by atoms with van der Waals surface area (Å²) in [6.07, 6.45) is 4.82. The molecular formula is C8H14ClNO. The molecule has 0 fully saturated rings. The minimum atomic E-state index is -0.430. The van der Waals surface area contributed by atoms with Gasteiger partial charge in [-0.05, 0) is 20.3 Å². The van der Waals surface area contributed by atoms with Crippen molar-refractivity contribution in [2.45, 2.75) is 25.6 Å². The number of alkyl halides is 1. The molecule has 2 nitrogen and oxygen atoms in total. The van der Waals surface area contributed by atoms with Gasteiger partial charge in [0, 0.05) is 6.54 Å². The highest BCUT2D eigenvalue weighted by Gasteiger charge is 2.05. The van der Waals surface area contributed by atoms with Crippen LogP contribution < -0.4 is 5.32 Å². The molecule has 1 N–H and O–H groups in total. The van der Waals surface area contributed by atoms with E-state index in [4.69, 9.17) is 11.6 Å². The highest BCUT2D eigenvalue weighted by Crippen LogP contribution is 1.92. The van der Waals surface area contributed by atoms with Crippen LogP contribution in [-0.2, 0) is 4.79 Å². The molecule has 0 aromatic heterocycles. The Balaban J connectivity index is 3.32. The van der Waals surface area contributed by atoms with Gasteiger partial charge in [-0.3, -0.25) is 4.79 Å². The van der Waals surface area contributed by atoms with E-state index in [9.17, 15) is 4.79 Å². The first-order valence-corrected chi connectivity index (χ1v) is 4.15. The van der Waals surface area contributed by atoms with Crippen LogP contribution >= 0.6 is 11.6 Å². The number of rotatable bonds is 4. The Bertz CT molecular complexity index is 143. The van der Waals surface area contributed by atoms with E-state index in [-0.39, 0.29) is 5.91 Å². The molecule has 0 saturated carbocycles. The Morgan fingerprint density at radius 2 is 2.36 bits per heavy atom. The standard InChI is InChI=1S/C8H14ClNO/c1-3-4-5-6-10-8(11)7(2)9/h3-4,7H,5-6H2,1-2H3,(H,10,11)/b4-3+. The van der Waals surface area contributed by atoms with Gasteiger partial charge < -0.3 is 5.32 Å². The van der Waals surface area contributed by atoms with Crippen molar-refractivity contribution in [2.24, 2.45) is 0 Å². The number of carbonyl (C=O) groups is 1. The molecule has 1 amide bonds. The fourth-order valence-electron chi connectivity index (χ4n) is 0.586. The van der Waals surface area contributed by atoms with E-state index in [0.29, 0.717) is 6.54 Å². The van der Waals surface area contributed by atoms with Crippen molar-refractivity contribution in [3.05, 3.63) is 12.2 Å². The zero-order valence-electron chi connectivity index (χ0n) is 6.93. The number of allylic oxidation sites excluding steroid dienone is 1. The van der Waals surface area contributed by atoms with Gasteiger partial charge in [-0.2, -0.15) is 0 Å². The van der Waals surface area contributed by atoms with Crippen LogP contribution in [0.4, 0.5) is 0 Å². The van der Waals surface area contributed by atoms with E-state index >= 15 is 0 Å². The third-order valence-electron chi connectivity index (χ3n) is 1.21. The second-order valence-corrected chi connectivity index (χ2v) is 2.92. The maximum Gasteiger partial charge on any atom is 0.237 e. The van der Waals surface area contributed by atoms with Crippen LogP contribution in [0.3, 0.4) is 0 Å². The second kappa shape index (κ2) is 6.23. The van der Waals surface area contributed by atoms with Gasteiger partial charge in [-0.1, -0.05) is 12.2 Å². The molecule has 0 rings (SSSR count). The summed E-state index contributed by atoms with van der Waals surface area (Å²) in [4.78, 5) is 10.8. The lowest BCUT2D eigenvalue weighted by Gasteiger charge is -2.03. The lowest BCUT2D eigenvalue weighted by Crippen LogP contribution is -2.30. The third kappa shape index (κ3) is 5.92. The van der Waals surface area contributed by atoms with Gasteiger partial charge >= 0.3 is 0 Å². The van der Waals surface area contributed by atoms with Gasteiger partial charge in [0.15, 0.2) is 0 Å². The molecule has 0 aliphatic rings. The molecule has 0 radical (unpaired) electrons. The first-order valence-electron chi connectivity index (χ1n) is 3.71. The number of amides is 1. The van der Waals surface area contributed by atoms with E-state index < -0.39 is 5.38 Å². The van der Waals surface area contributed by atoms with Crippen molar-refractivity contribution in [3.63, 3.8) is 0 Å². The van der Waals surface area contributed by atoms with E-state index in [1.54, 1.807) is 6.92 Å². The summed E-state index contributed by atoms with van der Waals surface area (Å²) in [6, 6.07) is 0. The third-order valence-corrected chi connectivity index (χ3v) is 1.41. The molecule has 0 spiro atoms. The number of halogens is 1. The van der Waals surface area contributed by atoms with Crippen molar-refractivity contribution >= 4 is 17.5 Å². The van der Waals surface area contributed by atoms with Crippen LogP contribution in [0.15, 0.2) is 12.2 Å². The van der Waals surface area contributed by atoms with E-state index in [1.807, 2.05) is 19.1 Å². The largest absolute Gasteiger partial charge is 0.355 e. The zero-order chi connectivity index (χ0) is 8.69. The normalized spacial score (nSPS) is 13.4. The summed E-state index contributed by atoms with van der Waals surface area (Å²) in [7, 11) is 0. The molecule has 11 heavy (non-hydrogen) atoms. The van der Waals surface area contributed by atoms with Gasteiger partial charge in [0.1, 0.15) is 5.38 Å². The number of carbonyl (C=O) groups excluding carboxylic acids is 1. The fourth-order valence-corrected chi connectivity index (χ4v) is 0.663. The monoisotopic (exact) mass is 175 g/mol. The van der Waals surface area contributed by atoms with Crippen LogP contribution in [0.5, 0.6) is 0 Å². The van der Waals surface area contributed by atoms with E-state index in [0.717, 1.165) is 6.42 Å². The van der Waals surface area contributed by atoms with Crippen LogP contribution in [-0.4, -0.2) is 17.8 Å². The first kappa shape index (κ1) is 10.5. The summed E-state index contributed by atoms with van der Waals surface area (Å²) >= 11 is 5.51. The van der Waals surface area contributed by atoms with Crippen molar-refractivity contribution in [1.82, 2.24) is 5.32 Å². The van der Waals surface area contributed by atoms with Crippen molar-refractivity contribution in [2.75, 3.05) is 6.54 Å². The average molecular weight is 176 g/mol. The van der Waals surface area contributed by atoms with Gasteiger partial charge in [0.2, 0.25) is 5.91 Å². The molecule has 0 aromatic carbocycles. The first-order chi connectivity index (χ1) is 5.18. The number of nitrogens with one attached hydrogen (secondary N) is 1. The van der Waals surface area contributed by atoms with E-state index in [1.165, 1.54) is 0 Å². The molecule has 1 unspecified atom stereocenters. The Morgan fingerprint density at radius 1 is 1.73 bits per heavy atom. The van der Waals surface area contributed by atoms with Crippen molar-refractivity contribution in [3.8, 4) is 0 Å². The van der Waals surface area contributed by atoms with Crippen LogP contribution in [0.25, 0.3) is 0 Å². The Hall–Kier alpha value is -0.500. The summed E-state index contributed by atoms with van der Waals surface area (Å²) in [5.41, 5.74) is 0. The molecule has 64 valence electrons. The molecule has 0 heterocycles. The topological polar surface area (TPSA) is 29.1 Å². The van der Waals surface area contributed by atoms with Crippen LogP contribution in [0, 0.1) is 0 Å². The van der Waals surface area contributed by atoms with Crippen LogP contribution in [0.2, 0.25) is 0 Å². The second-order valence-electron chi connectivity index (χ2n) is 2.26. The number of hydrogen-bond donors (Lipinski definition) is 1. The highest BCUT2D eigenvalue weighted by atomic mass is 35.5. The molecule has 0 saturated heterocycles. The molecule has 0 aromatic rings. The Kier molecular flexibility index (Phi) is 5.94. The SMILES string of the molecule is C/C=C/CCNC(=O)C(C)Cl. The van der Waals surface area contributed by atoms with Gasteiger partial charge in [0.25, 0.3) is 0 Å². The molecular weight excluding hydrogens is 162 g/mol. The minimum Gasteiger partial charge on any atom is -0.355 e. The molecule has 1 atom stereocenters. The minimum absolute atomic E-state index is 0.101. The lowest BCUT2D eigenvalue weighted by atomic mass is 10.3. The van der Waals surface area contributed by atoms with Gasteiger partial charge in [0.05, 0.1) is 0 Å². The predicted molar refractivity (Wildman–Crippen MR) is 47.8 cm³/mol. The summed E-state index contributed by atoms with van der Waals surface area (Å²) in [5, 5.41) is 2.26. The predicted octanol–water partition coefficient (Wildman–Crippen LogP) is 1.70. The zero-order valence-corrected chi connectivity index (χ0v) is 7.69. The van der Waals surface area contributed by atoms with E-state index in [2.05, 4.69) is 5.32 Å². The molecule has 3 heteroatoms. The fraction of sp³-hybridized carbons (Fsp3) is 0.625. The molecule has 0 aliphatic heterocycles. The Labute approximate surface area is 72.6 Å².